The topological polar surface area (TPSA) is 93.3 Å². The van der Waals surface area contributed by atoms with E-state index in [0.717, 1.165) is 16.9 Å². The molecule has 0 saturated heterocycles. The number of amides is 1. The molecule has 0 unspecified atom stereocenters. The lowest BCUT2D eigenvalue weighted by atomic mass is 10.1. The monoisotopic (exact) mass is 421 g/mol. The van der Waals surface area contributed by atoms with Crippen LogP contribution in [-0.2, 0) is 17.9 Å². The number of benzene rings is 1. The highest BCUT2D eigenvalue weighted by Gasteiger charge is 2.23. The minimum Gasteiger partial charge on any atom is -0.489 e. The molecule has 0 fully saturated rings. The van der Waals surface area contributed by atoms with E-state index in [4.69, 9.17) is 9.47 Å². The van der Waals surface area contributed by atoms with E-state index in [1.807, 2.05) is 36.4 Å². The van der Waals surface area contributed by atoms with Gasteiger partial charge < -0.3 is 19.8 Å². The third-order valence-electron chi connectivity index (χ3n) is 4.72. The van der Waals surface area contributed by atoms with Crippen LogP contribution in [0.5, 0.6) is 5.75 Å². The van der Waals surface area contributed by atoms with Crippen molar-refractivity contribution in [3.05, 3.63) is 82.4 Å². The maximum absolute atomic E-state index is 12.7. The molecule has 31 heavy (non-hydrogen) atoms. The lowest BCUT2D eigenvalue weighted by molar-refractivity contribution is 0.0376. The van der Waals surface area contributed by atoms with Gasteiger partial charge in [0, 0.05) is 30.2 Å². The van der Waals surface area contributed by atoms with E-state index in [1.54, 1.807) is 40.1 Å². The first-order valence-electron chi connectivity index (χ1n) is 10.1. The number of ether oxygens (including phenoxy) is 2. The second kappa shape index (κ2) is 9.93. The number of hydrogen-bond donors (Lipinski definition) is 2. The number of pyridine rings is 1. The van der Waals surface area contributed by atoms with Crippen LogP contribution < -0.4 is 10.1 Å². The van der Waals surface area contributed by atoms with Crippen molar-refractivity contribution in [2.24, 2.45) is 0 Å². The van der Waals surface area contributed by atoms with Gasteiger partial charge in [0.25, 0.3) is 5.91 Å². The molecule has 1 aromatic carbocycles. The van der Waals surface area contributed by atoms with Crippen LogP contribution in [0.1, 0.15) is 57.1 Å². The molecule has 3 rings (SSSR count). The van der Waals surface area contributed by atoms with Crippen molar-refractivity contribution in [1.82, 2.24) is 15.3 Å². The quantitative estimate of drug-likeness (QED) is 0.534. The van der Waals surface area contributed by atoms with E-state index in [-0.39, 0.29) is 12.0 Å². The lowest BCUT2D eigenvalue weighted by Crippen LogP contribution is -2.24. The maximum atomic E-state index is 12.7. The number of rotatable bonds is 8. The fraction of sp³-hybridized carbons (Fsp3) is 0.292. The van der Waals surface area contributed by atoms with Gasteiger partial charge in [0.1, 0.15) is 18.1 Å². The van der Waals surface area contributed by atoms with Crippen LogP contribution in [0.25, 0.3) is 0 Å². The van der Waals surface area contributed by atoms with Gasteiger partial charge in [-0.3, -0.25) is 9.78 Å². The van der Waals surface area contributed by atoms with Crippen molar-refractivity contribution in [2.45, 2.75) is 47.0 Å². The van der Waals surface area contributed by atoms with Gasteiger partial charge in [-0.05, 0) is 57.0 Å². The first kappa shape index (κ1) is 22.1. The summed E-state index contributed by atoms with van der Waals surface area (Å²) in [6.45, 7) is 7.87. The number of nitrogens with zero attached hydrogens (tertiary/aromatic N) is 1. The molecule has 0 bridgehead atoms. The van der Waals surface area contributed by atoms with Gasteiger partial charge in [0.15, 0.2) is 0 Å². The van der Waals surface area contributed by atoms with E-state index < -0.39 is 5.97 Å². The maximum Gasteiger partial charge on any atom is 0.340 e. The summed E-state index contributed by atoms with van der Waals surface area (Å²) in [5.74, 6) is 0.0337. The van der Waals surface area contributed by atoms with Gasteiger partial charge in [0.05, 0.1) is 11.7 Å². The number of H-pyrrole nitrogens is 1. The Labute approximate surface area is 181 Å². The summed E-state index contributed by atoms with van der Waals surface area (Å²) < 4.78 is 11.0. The molecule has 0 aliphatic carbocycles. The van der Waals surface area contributed by atoms with E-state index in [0.29, 0.717) is 35.7 Å². The molecule has 0 aliphatic rings. The minimum atomic E-state index is -0.429. The summed E-state index contributed by atoms with van der Waals surface area (Å²) in [4.78, 5) is 32.0. The molecule has 0 spiro atoms. The van der Waals surface area contributed by atoms with Crippen LogP contribution in [0.2, 0.25) is 0 Å². The number of carbonyl (C=O) groups excluding carboxylic acids is 2. The number of aromatic amines is 1. The Bertz CT molecular complexity index is 1040. The van der Waals surface area contributed by atoms with Gasteiger partial charge in [-0.15, -0.1) is 0 Å². The highest BCUT2D eigenvalue weighted by molar-refractivity contribution is 6.00. The Balaban J connectivity index is 1.57. The molecular formula is C24H27N3O4. The molecular weight excluding hydrogens is 394 g/mol. The summed E-state index contributed by atoms with van der Waals surface area (Å²) in [5, 5.41) is 2.88. The third-order valence-corrected chi connectivity index (χ3v) is 4.72. The zero-order valence-electron chi connectivity index (χ0n) is 18.2. The van der Waals surface area contributed by atoms with Crippen LogP contribution in [0.3, 0.4) is 0 Å². The predicted octanol–water partition coefficient (Wildman–Crippen LogP) is 4.10. The number of hydrogen-bond acceptors (Lipinski definition) is 5. The standard InChI is InChI=1S/C24H27N3O4/c1-15(2)31-24(29)21-16(3)22(27-17(21)4)23(28)26-13-18-7-9-20(10-8-18)30-14-19-6-5-11-25-12-19/h5-12,15,27H,13-14H2,1-4H3,(H,26,28). The second-order valence-corrected chi connectivity index (χ2v) is 7.56. The van der Waals surface area contributed by atoms with Crippen LogP contribution in [0.4, 0.5) is 0 Å². The number of aryl methyl sites for hydroxylation is 1. The number of nitrogens with one attached hydrogen (secondary N) is 2. The van der Waals surface area contributed by atoms with Crippen LogP contribution >= 0.6 is 0 Å². The lowest BCUT2D eigenvalue weighted by Gasteiger charge is -2.09. The van der Waals surface area contributed by atoms with Crippen LogP contribution in [0.15, 0.2) is 48.8 Å². The average Bonchev–Trinajstić information content (AvgIpc) is 3.05. The Morgan fingerprint density at radius 3 is 2.48 bits per heavy atom. The van der Waals surface area contributed by atoms with E-state index >= 15 is 0 Å². The Morgan fingerprint density at radius 2 is 1.84 bits per heavy atom. The molecule has 162 valence electrons. The predicted molar refractivity (Wildman–Crippen MR) is 117 cm³/mol. The van der Waals surface area contributed by atoms with E-state index in [9.17, 15) is 9.59 Å². The largest absolute Gasteiger partial charge is 0.489 e. The first-order valence-corrected chi connectivity index (χ1v) is 10.1. The zero-order valence-corrected chi connectivity index (χ0v) is 18.2. The van der Waals surface area contributed by atoms with Gasteiger partial charge in [-0.25, -0.2) is 4.79 Å². The fourth-order valence-electron chi connectivity index (χ4n) is 3.18. The molecule has 2 aromatic heterocycles. The molecule has 2 heterocycles. The summed E-state index contributed by atoms with van der Waals surface area (Å²) in [5.41, 5.74) is 3.90. The summed E-state index contributed by atoms with van der Waals surface area (Å²) in [6, 6.07) is 11.3. The van der Waals surface area contributed by atoms with Gasteiger partial charge in [-0.2, -0.15) is 0 Å². The second-order valence-electron chi connectivity index (χ2n) is 7.56. The number of aromatic nitrogens is 2. The SMILES string of the molecule is Cc1[nH]c(C(=O)NCc2ccc(OCc3cccnc3)cc2)c(C)c1C(=O)OC(C)C. The summed E-state index contributed by atoms with van der Waals surface area (Å²) in [7, 11) is 0. The van der Waals surface area contributed by atoms with Gasteiger partial charge in [0.2, 0.25) is 0 Å². The Kier molecular flexibility index (Phi) is 7.07. The molecule has 1 amide bonds. The van der Waals surface area contributed by atoms with Crippen molar-refractivity contribution in [2.75, 3.05) is 0 Å². The van der Waals surface area contributed by atoms with E-state index in [1.165, 1.54) is 0 Å². The summed E-state index contributed by atoms with van der Waals surface area (Å²) >= 11 is 0. The van der Waals surface area contributed by atoms with Crippen molar-refractivity contribution in [1.29, 1.82) is 0 Å². The van der Waals surface area contributed by atoms with Crippen molar-refractivity contribution >= 4 is 11.9 Å². The van der Waals surface area contributed by atoms with E-state index in [2.05, 4.69) is 15.3 Å². The average molecular weight is 421 g/mol. The van der Waals surface area contributed by atoms with Crippen molar-refractivity contribution in [3.8, 4) is 5.75 Å². The van der Waals surface area contributed by atoms with Crippen molar-refractivity contribution in [3.63, 3.8) is 0 Å². The first-order chi connectivity index (χ1) is 14.8. The molecule has 3 aromatic rings. The summed E-state index contributed by atoms with van der Waals surface area (Å²) in [6.07, 6.45) is 3.26. The number of esters is 1. The molecule has 7 nitrogen and oxygen atoms in total. The zero-order chi connectivity index (χ0) is 22.4. The van der Waals surface area contributed by atoms with Gasteiger partial charge in [-0.1, -0.05) is 18.2 Å². The fourth-order valence-corrected chi connectivity index (χ4v) is 3.18. The highest BCUT2D eigenvalue weighted by Crippen LogP contribution is 2.20. The third kappa shape index (κ3) is 5.72. The van der Waals surface area contributed by atoms with Gasteiger partial charge >= 0.3 is 5.97 Å². The van der Waals surface area contributed by atoms with Crippen molar-refractivity contribution < 1.29 is 19.1 Å². The molecule has 0 saturated carbocycles. The normalized spacial score (nSPS) is 10.7. The van der Waals surface area contributed by atoms with Crippen LogP contribution in [0, 0.1) is 13.8 Å². The molecule has 0 atom stereocenters. The molecule has 7 heteroatoms. The number of carbonyl (C=O) groups is 2. The van der Waals surface area contributed by atoms with Crippen LogP contribution in [-0.4, -0.2) is 27.9 Å². The Hall–Kier alpha value is -3.61. The highest BCUT2D eigenvalue weighted by atomic mass is 16.5. The smallest absolute Gasteiger partial charge is 0.340 e. The minimum absolute atomic E-state index is 0.227. The molecule has 0 aliphatic heterocycles. The molecule has 2 N–H and O–H groups in total. The Morgan fingerprint density at radius 1 is 1.10 bits per heavy atom. The molecule has 0 radical (unpaired) electrons.